The van der Waals surface area contributed by atoms with Gasteiger partial charge in [-0.25, -0.2) is 15.0 Å². The number of amides is 1. The number of nitrogens with zero attached hydrogens (tertiary/aromatic N) is 3. The van der Waals surface area contributed by atoms with E-state index >= 15 is 0 Å². The predicted octanol–water partition coefficient (Wildman–Crippen LogP) is 1.81. The number of anilines is 1. The molecule has 0 saturated heterocycles. The van der Waals surface area contributed by atoms with E-state index in [1.165, 1.54) is 19.6 Å². The normalized spacial score (nSPS) is 23.3. The summed E-state index contributed by atoms with van der Waals surface area (Å²) < 4.78 is 4.01. The van der Waals surface area contributed by atoms with Crippen molar-refractivity contribution in [2.75, 3.05) is 5.32 Å². The monoisotopic (exact) mass is 357 g/mol. The number of hydrogen-bond donors (Lipinski definition) is 2. The summed E-state index contributed by atoms with van der Waals surface area (Å²) in [5, 5.41) is 2.56. The molecule has 3 rings (SSSR count). The Bertz CT molecular complexity index is 793. The maximum absolute atomic E-state index is 12.2. The van der Waals surface area contributed by atoms with E-state index in [1.54, 1.807) is 6.92 Å². The van der Waals surface area contributed by atoms with Crippen LogP contribution in [0, 0.1) is 5.41 Å². The number of H-pyrrole nitrogens is 1. The van der Waals surface area contributed by atoms with E-state index in [4.69, 9.17) is 27.9 Å². The first-order chi connectivity index (χ1) is 10.7. The summed E-state index contributed by atoms with van der Waals surface area (Å²) in [6.45, 7) is 3.05. The maximum Gasteiger partial charge on any atom is 0.315 e. The number of nitrogens with one attached hydrogen (secondary N) is 2. The fourth-order valence-corrected chi connectivity index (χ4v) is 2.73. The Morgan fingerprint density at radius 2 is 2.09 bits per heavy atom. The van der Waals surface area contributed by atoms with Crippen molar-refractivity contribution in [2.24, 2.45) is 5.41 Å². The zero-order valence-corrected chi connectivity index (χ0v) is 13.8. The Balaban J connectivity index is 1.67. The molecule has 1 aliphatic rings. The Hall–Kier alpha value is -1.93. The number of halogens is 2. The van der Waals surface area contributed by atoms with Crippen LogP contribution in [0.5, 0.6) is 0 Å². The van der Waals surface area contributed by atoms with Crippen LogP contribution < -0.4 is 5.32 Å². The highest BCUT2D eigenvalue weighted by Crippen LogP contribution is 2.64. The molecule has 23 heavy (non-hydrogen) atoms. The summed E-state index contributed by atoms with van der Waals surface area (Å²) in [6.07, 6.45) is 1.97. The third-order valence-electron chi connectivity index (χ3n) is 3.83. The molecule has 0 bridgehead atoms. The van der Waals surface area contributed by atoms with Crippen molar-refractivity contribution < 1.29 is 14.3 Å². The van der Waals surface area contributed by atoms with E-state index in [-0.39, 0.29) is 12.2 Å². The molecule has 2 aromatic rings. The molecular weight excluding hydrogens is 345 g/mol. The SMILES string of the molecule is C[C@H](OC(=O)[C@]1(C)CC1(Cl)Cl)C(=O)Nc1ncnc2nc[nH]c12. The van der Waals surface area contributed by atoms with E-state index in [0.29, 0.717) is 11.2 Å². The summed E-state index contributed by atoms with van der Waals surface area (Å²) in [5.41, 5.74) is -0.0930. The third-order valence-corrected chi connectivity index (χ3v) is 4.93. The van der Waals surface area contributed by atoms with E-state index in [1.807, 2.05) is 0 Å². The lowest BCUT2D eigenvalue weighted by Gasteiger charge is -2.17. The highest BCUT2D eigenvalue weighted by molar-refractivity contribution is 6.53. The molecule has 0 unspecified atom stereocenters. The predicted molar refractivity (Wildman–Crippen MR) is 83.0 cm³/mol. The number of aromatic amines is 1. The van der Waals surface area contributed by atoms with Gasteiger partial charge in [-0.3, -0.25) is 9.59 Å². The number of esters is 1. The van der Waals surface area contributed by atoms with Gasteiger partial charge in [-0.2, -0.15) is 0 Å². The Morgan fingerprint density at radius 3 is 2.74 bits per heavy atom. The minimum Gasteiger partial charge on any atom is -0.452 e. The Morgan fingerprint density at radius 1 is 1.39 bits per heavy atom. The molecule has 2 atom stereocenters. The first kappa shape index (κ1) is 15.9. The van der Waals surface area contributed by atoms with Gasteiger partial charge in [-0.05, 0) is 13.8 Å². The number of fused-ring (bicyclic) bond motifs is 1. The van der Waals surface area contributed by atoms with Crippen LogP contribution in [0.4, 0.5) is 5.82 Å². The number of rotatable bonds is 4. The molecule has 1 fully saturated rings. The van der Waals surface area contributed by atoms with Gasteiger partial charge in [0.05, 0.1) is 6.33 Å². The maximum atomic E-state index is 12.2. The van der Waals surface area contributed by atoms with Crippen LogP contribution in [0.1, 0.15) is 20.3 Å². The lowest BCUT2D eigenvalue weighted by molar-refractivity contribution is -0.158. The summed E-state index contributed by atoms with van der Waals surface area (Å²) in [5.74, 6) is -0.895. The average molecular weight is 358 g/mol. The molecule has 1 amide bonds. The van der Waals surface area contributed by atoms with Crippen molar-refractivity contribution in [1.29, 1.82) is 0 Å². The van der Waals surface area contributed by atoms with E-state index in [9.17, 15) is 9.59 Å². The number of carbonyl (C=O) groups is 2. The molecule has 8 nitrogen and oxygen atoms in total. The Kier molecular flexibility index (Phi) is 3.68. The molecule has 1 aliphatic carbocycles. The van der Waals surface area contributed by atoms with Gasteiger partial charge in [0, 0.05) is 6.42 Å². The fraction of sp³-hybridized carbons (Fsp3) is 0.462. The first-order valence-electron chi connectivity index (χ1n) is 6.78. The fourth-order valence-electron chi connectivity index (χ4n) is 2.04. The number of hydrogen-bond acceptors (Lipinski definition) is 6. The van der Waals surface area contributed by atoms with E-state index < -0.39 is 27.7 Å². The molecule has 0 aromatic carbocycles. The second-order valence-electron chi connectivity index (χ2n) is 5.57. The molecule has 122 valence electrons. The van der Waals surface area contributed by atoms with Crippen LogP contribution in [-0.4, -0.2) is 42.2 Å². The van der Waals surface area contributed by atoms with Gasteiger partial charge in [0.25, 0.3) is 5.91 Å². The van der Waals surface area contributed by atoms with Crippen molar-refractivity contribution in [3.8, 4) is 0 Å². The van der Waals surface area contributed by atoms with Crippen molar-refractivity contribution in [3.05, 3.63) is 12.7 Å². The van der Waals surface area contributed by atoms with Crippen LogP contribution in [0.15, 0.2) is 12.7 Å². The van der Waals surface area contributed by atoms with Gasteiger partial charge < -0.3 is 15.0 Å². The number of ether oxygens (including phenoxy) is 1. The Labute approximate surface area is 140 Å². The number of alkyl halides is 2. The molecule has 10 heteroatoms. The smallest absolute Gasteiger partial charge is 0.315 e. The first-order valence-corrected chi connectivity index (χ1v) is 7.54. The number of imidazole rings is 1. The van der Waals surface area contributed by atoms with Crippen LogP contribution in [-0.2, 0) is 14.3 Å². The molecule has 0 radical (unpaired) electrons. The van der Waals surface area contributed by atoms with Crippen molar-refractivity contribution in [1.82, 2.24) is 19.9 Å². The minimum absolute atomic E-state index is 0.252. The minimum atomic E-state index is -1.14. The van der Waals surface area contributed by atoms with Gasteiger partial charge in [-0.15, -0.1) is 23.2 Å². The van der Waals surface area contributed by atoms with Crippen molar-refractivity contribution in [3.63, 3.8) is 0 Å². The van der Waals surface area contributed by atoms with Gasteiger partial charge in [0.1, 0.15) is 21.6 Å². The zero-order chi connectivity index (χ0) is 16.8. The summed E-state index contributed by atoms with van der Waals surface area (Å²) in [4.78, 5) is 38.9. The van der Waals surface area contributed by atoms with Crippen molar-refractivity contribution in [2.45, 2.75) is 30.7 Å². The average Bonchev–Trinajstić information content (AvgIpc) is 2.86. The number of carbonyl (C=O) groups excluding carboxylic acids is 2. The number of aromatic nitrogens is 4. The molecular formula is C13H13Cl2N5O3. The summed E-state index contributed by atoms with van der Waals surface area (Å²) in [6, 6.07) is 0. The highest BCUT2D eigenvalue weighted by Gasteiger charge is 2.69. The standard InChI is InChI=1S/C13H13Cl2N5O3/c1-6(23-11(22)12(2)3-13(12,14)15)10(21)20-9-7-8(17-4-16-7)18-5-19-9/h4-6H,3H2,1-2H3,(H2,16,17,18,19,20,21)/t6-,12-/m0/s1. The lowest BCUT2D eigenvalue weighted by atomic mass is 10.1. The van der Waals surface area contributed by atoms with Gasteiger partial charge in [0.15, 0.2) is 17.6 Å². The molecule has 2 aromatic heterocycles. The molecule has 1 saturated carbocycles. The quantitative estimate of drug-likeness (QED) is 0.637. The summed E-state index contributed by atoms with van der Waals surface area (Å²) >= 11 is 11.8. The largest absolute Gasteiger partial charge is 0.452 e. The zero-order valence-electron chi connectivity index (χ0n) is 12.3. The van der Waals surface area contributed by atoms with Gasteiger partial charge in [-0.1, -0.05) is 0 Å². The second kappa shape index (κ2) is 5.31. The second-order valence-corrected chi connectivity index (χ2v) is 7.06. The van der Waals surface area contributed by atoms with Crippen LogP contribution in [0.25, 0.3) is 11.2 Å². The van der Waals surface area contributed by atoms with Crippen LogP contribution in [0.2, 0.25) is 0 Å². The summed E-state index contributed by atoms with van der Waals surface area (Å²) in [7, 11) is 0. The van der Waals surface area contributed by atoms with Crippen LogP contribution in [0.3, 0.4) is 0 Å². The molecule has 2 N–H and O–H groups in total. The molecule has 2 heterocycles. The third kappa shape index (κ3) is 2.72. The molecule has 0 spiro atoms. The van der Waals surface area contributed by atoms with Gasteiger partial charge >= 0.3 is 5.97 Å². The highest BCUT2D eigenvalue weighted by atomic mass is 35.5. The topological polar surface area (TPSA) is 110 Å². The van der Waals surface area contributed by atoms with Crippen LogP contribution >= 0.6 is 23.2 Å². The lowest BCUT2D eigenvalue weighted by Crippen LogP contribution is -2.33. The molecule has 0 aliphatic heterocycles. The van der Waals surface area contributed by atoms with Crippen molar-refractivity contribution >= 4 is 52.1 Å². The van der Waals surface area contributed by atoms with E-state index in [0.717, 1.165) is 0 Å². The van der Waals surface area contributed by atoms with E-state index in [2.05, 4.69) is 25.3 Å². The van der Waals surface area contributed by atoms with Gasteiger partial charge in [0.2, 0.25) is 0 Å².